The zero-order valence-corrected chi connectivity index (χ0v) is 10.7. The molecule has 0 saturated carbocycles. The number of aromatic nitrogens is 4. The smallest absolute Gasteiger partial charge is 0.229 e. The summed E-state index contributed by atoms with van der Waals surface area (Å²) in [6.45, 7) is 1.94. The van der Waals surface area contributed by atoms with Crippen molar-refractivity contribution in [3.05, 3.63) is 18.3 Å². The SMILES string of the molecule is COc1cc(-c2noc(C(C)CCC#N)n2)ncn1. The molecule has 0 N–H and O–H groups in total. The molecule has 0 aliphatic carbocycles. The summed E-state index contributed by atoms with van der Waals surface area (Å²) in [5.74, 6) is 1.38. The first-order chi connectivity index (χ1) is 9.24. The molecule has 0 bridgehead atoms. The van der Waals surface area contributed by atoms with Gasteiger partial charge in [-0.15, -0.1) is 0 Å². The first-order valence-electron chi connectivity index (χ1n) is 5.81. The molecule has 0 aromatic carbocycles. The Hall–Kier alpha value is -2.49. The van der Waals surface area contributed by atoms with Crippen LogP contribution in [0, 0.1) is 11.3 Å². The first kappa shape index (κ1) is 13.0. The van der Waals surface area contributed by atoms with E-state index in [1.54, 1.807) is 6.07 Å². The first-order valence-corrected chi connectivity index (χ1v) is 5.81. The van der Waals surface area contributed by atoms with E-state index in [0.29, 0.717) is 36.1 Å². The van der Waals surface area contributed by atoms with Crippen molar-refractivity contribution in [3.63, 3.8) is 0 Å². The van der Waals surface area contributed by atoms with Crippen LogP contribution in [-0.2, 0) is 0 Å². The highest BCUT2D eigenvalue weighted by molar-refractivity contribution is 5.49. The normalized spacial score (nSPS) is 11.8. The van der Waals surface area contributed by atoms with Crippen LogP contribution in [-0.4, -0.2) is 27.2 Å². The third-order valence-corrected chi connectivity index (χ3v) is 2.63. The average molecular weight is 259 g/mol. The van der Waals surface area contributed by atoms with Gasteiger partial charge in [0.25, 0.3) is 0 Å². The van der Waals surface area contributed by atoms with E-state index < -0.39 is 0 Å². The zero-order chi connectivity index (χ0) is 13.7. The molecule has 0 saturated heterocycles. The second kappa shape index (κ2) is 5.91. The van der Waals surface area contributed by atoms with E-state index >= 15 is 0 Å². The molecule has 1 unspecified atom stereocenters. The quantitative estimate of drug-likeness (QED) is 0.809. The molecule has 98 valence electrons. The number of ether oxygens (including phenoxy) is 1. The highest BCUT2D eigenvalue weighted by atomic mass is 16.5. The van der Waals surface area contributed by atoms with Crippen LogP contribution in [0.3, 0.4) is 0 Å². The lowest BCUT2D eigenvalue weighted by Crippen LogP contribution is -1.94. The monoisotopic (exact) mass is 259 g/mol. The summed E-state index contributed by atoms with van der Waals surface area (Å²) in [4.78, 5) is 12.2. The van der Waals surface area contributed by atoms with E-state index in [2.05, 4.69) is 26.2 Å². The van der Waals surface area contributed by atoms with Crippen molar-refractivity contribution in [1.82, 2.24) is 20.1 Å². The molecule has 0 aliphatic rings. The van der Waals surface area contributed by atoms with Gasteiger partial charge in [0.05, 0.1) is 13.2 Å². The van der Waals surface area contributed by atoms with Crippen LogP contribution in [0.15, 0.2) is 16.9 Å². The van der Waals surface area contributed by atoms with E-state index in [1.807, 2.05) is 6.92 Å². The predicted molar refractivity (Wildman–Crippen MR) is 65.1 cm³/mol. The maximum absolute atomic E-state index is 8.56. The van der Waals surface area contributed by atoms with Crippen LogP contribution in [0.1, 0.15) is 31.6 Å². The van der Waals surface area contributed by atoms with Crippen molar-refractivity contribution < 1.29 is 9.26 Å². The minimum Gasteiger partial charge on any atom is -0.481 e. The van der Waals surface area contributed by atoms with Gasteiger partial charge in [0.1, 0.15) is 12.0 Å². The maximum Gasteiger partial charge on any atom is 0.229 e. The molecule has 19 heavy (non-hydrogen) atoms. The fourth-order valence-corrected chi connectivity index (χ4v) is 1.52. The fourth-order valence-electron chi connectivity index (χ4n) is 1.52. The minimum absolute atomic E-state index is 0.0460. The van der Waals surface area contributed by atoms with E-state index in [1.165, 1.54) is 13.4 Å². The lowest BCUT2D eigenvalue weighted by Gasteiger charge is -2.01. The molecule has 2 rings (SSSR count). The number of hydrogen-bond donors (Lipinski definition) is 0. The summed E-state index contributed by atoms with van der Waals surface area (Å²) in [5.41, 5.74) is 0.536. The molecular formula is C12H13N5O2. The summed E-state index contributed by atoms with van der Waals surface area (Å²) in [6.07, 6.45) is 2.52. The Morgan fingerprint density at radius 2 is 2.32 bits per heavy atom. The van der Waals surface area contributed by atoms with E-state index in [0.717, 1.165) is 0 Å². The number of nitrogens with zero attached hydrogens (tertiary/aromatic N) is 5. The largest absolute Gasteiger partial charge is 0.481 e. The lowest BCUT2D eigenvalue weighted by atomic mass is 10.1. The molecule has 0 aliphatic heterocycles. The van der Waals surface area contributed by atoms with Crippen LogP contribution in [0.4, 0.5) is 0 Å². The Morgan fingerprint density at radius 1 is 1.47 bits per heavy atom. The average Bonchev–Trinajstić information content (AvgIpc) is 2.94. The second-order valence-corrected chi connectivity index (χ2v) is 4.00. The standard InChI is InChI=1S/C12H13N5O2/c1-8(4-3-5-13)12-16-11(17-19-12)9-6-10(18-2)15-7-14-9/h6-8H,3-4H2,1-2H3. The molecule has 0 amide bonds. The number of rotatable bonds is 5. The number of hydrogen-bond acceptors (Lipinski definition) is 7. The van der Waals surface area contributed by atoms with Gasteiger partial charge in [0.15, 0.2) is 0 Å². The molecule has 7 nitrogen and oxygen atoms in total. The van der Waals surface area contributed by atoms with E-state index in [-0.39, 0.29) is 5.92 Å². The van der Waals surface area contributed by atoms with Crippen LogP contribution in [0.2, 0.25) is 0 Å². The minimum atomic E-state index is 0.0460. The predicted octanol–water partition coefficient (Wildman–Crippen LogP) is 1.94. The molecular weight excluding hydrogens is 246 g/mol. The third-order valence-electron chi connectivity index (χ3n) is 2.63. The van der Waals surface area contributed by atoms with E-state index in [4.69, 9.17) is 14.5 Å². The van der Waals surface area contributed by atoms with Gasteiger partial charge in [0.2, 0.25) is 17.6 Å². The fraction of sp³-hybridized carbons (Fsp3) is 0.417. The Labute approximate surface area is 110 Å². The van der Waals surface area contributed by atoms with Gasteiger partial charge in [-0.1, -0.05) is 12.1 Å². The molecule has 2 aromatic heterocycles. The molecule has 7 heteroatoms. The van der Waals surface area contributed by atoms with Crippen molar-refractivity contribution in [2.45, 2.75) is 25.7 Å². The van der Waals surface area contributed by atoms with Gasteiger partial charge in [0, 0.05) is 18.4 Å². The van der Waals surface area contributed by atoms with Crippen LogP contribution >= 0.6 is 0 Å². The van der Waals surface area contributed by atoms with Gasteiger partial charge in [-0.2, -0.15) is 10.2 Å². The summed E-state index contributed by atoms with van der Waals surface area (Å²) < 4.78 is 10.2. The summed E-state index contributed by atoms with van der Waals surface area (Å²) in [5, 5.41) is 12.4. The van der Waals surface area contributed by atoms with Crippen LogP contribution < -0.4 is 4.74 Å². The summed E-state index contributed by atoms with van der Waals surface area (Å²) in [7, 11) is 1.53. The van der Waals surface area contributed by atoms with Crippen LogP contribution in [0.5, 0.6) is 5.88 Å². The molecule has 0 fully saturated rings. The Morgan fingerprint density at radius 3 is 3.05 bits per heavy atom. The highest BCUT2D eigenvalue weighted by Crippen LogP contribution is 2.22. The number of nitriles is 1. The van der Waals surface area contributed by atoms with Crippen molar-refractivity contribution in [2.24, 2.45) is 0 Å². The summed E-state index contributed by atoms with van der Waals surface area (Å²) in [6, 6.07) is 3.73. The Bertz CT molecular complexity index is 590. The van der Waals surface area contributed by atoms with Crippen LogP contribution in [0.25, 0.3) is 11.5 Å². The van der Waals surface area contributed by atoms with Gasteiger partial charge >= 0.3 is 0 Å². The molecule has 2 aromatic rings. The third kappa shape index (κ3) is 3.04. The molecule has 1 atom stereocenters. The second-order valence-electron chi connectivity index (χ2n) is 4.00. The maximum atomic E-state index is 8.56. The Kier molecular flexibility index (Phi) is 4.03. The van der Waals surface area contributed by atoms with Gasteiger partial charge in [-0.05, 0) is 6.42 Å². The molecule has 0 spiro atoms. The topological polar surface area (TPSA) is 97.7 Å². The van der Waals surface area contributed by atoms with Crippen molar-refractivity contribution in [3.8, 4) is 23.5 Å². The zero-order valence-electron chi connectivity index (χ0n) is 10.7. The lowest BCUT2D eigenvalue weighted by molar-refractivity contribution is 0.354. The van der Waals surface area contributed by atoms with Gasteiger partial charge in [-0.25, -0.2) is 9.97 Å². The van der Waals surface area contributed by atoms with Gasteiger partial charge in [-0.3, -0.25) is 0 Å². The molecule has 0 radical (unpaired) electrons. The highest BCUT2D eigenvalue weighted by Gasteiger charge is 2.16. The summed E-state index contributed by atoms with van der Waals surface area (Å²) >= 11 is 0. The van der Waals surface area contributed by atoms with E-state index in [9.17, 15) is 0 Å². The van der Waals surface area contributed by atoms with Crippen molar-refractivity contribution >= 4 is 0 Å². The Balaban J connectivity index is 2.18. The van der Waals surface area contributed by atoms with Crippen molar-refractivity contribution in [2.75, 3.05) is 7.11 Å². The molecule has 2 heterocycles. The van der Waals surface area contributed by atoms with Gasteiger partial charge < -0.3 is 9.26 Å². The number of methoxy groups -OCH3 is 1. The van der Waals surface area contributed by atoms with Crippen molar-refractivity contribution in [1.29, 1.82) is 5.26 Å².